The average molecular weight is 168 g/mol. The van der Waals surface area contributed by atoms with Gasteiger partial charge in [0.25, 0.3) is 0 Å². The second-order valence-electron chi connectivity index (χ2n) is 2.27. The van der Waals surface area contributed by atoms with Gasteiger partial charge in [-0.15, -0.1) is 12.6 Å². The molecular formula is C10H16S. The molecule has 0 N–H and O–H groups in total. The molecule has 1 rings (SSSR count). The Morgan fingerprint density at radius 3 is 1.91 bits per heavy atom. The van der Waals surface area contributed by atoms with Gasteiger partial charge in [-0.2, -0.15) is 0 Å². The zero-order chi connectivity index (χ0) is 8.85. The molecule has 0 saturated heterocycles. The number of hydrogen-bond acceptors (Lipinski definition) is 1. The summed E-state index contributed by atoms with van der Waals surface area (Å²) in [6.45, 7) is 8.19. The van der Waals surface area contributed by atoms with Crippen molar-refractivity contribution in [2.75, 3.05) is 0 Å². The van der Waals surface area contributed by atoms with Crippen LogP contribution in [0, 0.1) is 13.8 Å². The normalized spacial score (nSPS) is 8.45. The van der Waals surface area contributed by atoms with Crippen LogP contribution >= 0.6 is 12.6 Å². The highest BCUT2D eigenvalue weighted by atomic mass is 32.1. The predicted octanol–water partition coefficient (Wildman–Crippen LogP) is 3.62. The molecule has 0 unspecified atom stereocenters. The zero-order valence-electron chi connectivity index (χ0n) is 7.68. The van der Waals surface area contributed by atoms with Crippen LogP contribution in [0.4, 0.5) is 0 Å². The van der Waals surface area contributed by atoms with Crippen LogP contribution in [-0.4, -0.2) is 0 Å². The highest BCUT2D eigenvalue weighted by Gasteiger charge is 1.89. The summed E-state index contributed by atoms with van der Waals surface area (Å²) in [5.74, 6) is 0. The molecule has 0 radical (unpaired) electrons. The van der Waals surface area contributed by atoms with Crippen LogP contribution in [0.1, 0.15) is 25.0 Å². The van der Waals surface area contributed by atoms with Gasteiger partial charge in [0.1, 0.15) is 0 Å². The lowest BCUT2D eigenvalue weighted by molar-refractivity contribution is 1.28. The monoisotopic (exact) mass is 168 g/mol. The lowest BCUT2D eigenvalue weighted by Crippen LogP contribution is -1.77. The van der Waals surface area contributed by atoms with Crippen LogP contribution in [0.3, 0.4) is 0 Å². The van der Waals surface area contributed by atoms with E-state index in [-0.39, 0.29) is 0 Å². The highest BCUT2D eigenvalue weighted by molar-refractivity contribution is 7.80. The van der Waals surface area contributed by atoms with E-state index in [1.807, 2.05) is 19.9 Å². The summed E-state index contributed by atoms with van der Waals surface area (Å²) in [5, 5.41) is 0. The molecule has 1 aromatic carbocycles. The number of benzene rings is 1. The van der Waals surface area contributed by atoms with E-state index >= 15 is 0 Å². The fraction of sp³-hybridized carbons (Fsp3) is 0.400. The minimum Gasteiger partial charge on any atom is -0.143 e. The van der Waals surface area contributed by atoms with Gasteiger partial charge in [0, 0.05) is 4.90 Å². The summed E-state index contributed by atoms with van der Waals surface area (Å²) >= 11 is 4.20. The summed E-state index contributed by atoms with van der Waals surface area (Å²) in [7, 11) is 0. The van der Waals surface area contributed by atoms with E-state index in [1.54, 1.807) is 0 Å². The topological polar surface area (TPSA) is 0 Å². The molecule has 0 spiro atoms. The van der Waals surface area contributed by atoms with Gasteiger partial charge >= 0.3 is 0 Å². The minimum atomic E-state index is 1.04. The van der Waals surface area contributed by atoms with Crippen molar-refractivity contribution in [3.05, 3.63) is 29.3 Å². The summed E-state index contributed by atoms with van der Waals surface area (Å²) in [6.07, 6.45) is 0. The Bertz CT molecular complexity index is 216. The van der Waals surface area contributed by atoms with Crippen LogP contribution in [0.25, 0.3) is 0 Å². The van der Waals surface area contributed by atoms with Gasteiger partial charge in [0.05, 0.1) is 0 Å². The van der Waals surface area contributed by atoms with Gasteiger partial charge < -0.3 is 0 Å². The number of thiol groups is 1. The molecule has 0 nitrogen and oxygen atoms in total. The van der Waals surface area contributed by atoms with Crippen molar-refractivity contribution in [1.82, 2.24) is 0 Å². The molecule has 0 aliphatic carbocycles. The smallest absolute Gasteiger partial charge is 0.00428 e. The fourth-order valence-corrected chi connectivity index (χ4v) is 0.994. The maximum absolute atomic E-state index is 4.20. The van der Waals surface area contributed by atoms with E-state index < -0.39 is 0 Å². The Labute approximate surface area is 75.1 Å². The summed E-state index contributed by atoms with van der Waals surface area (Å²) in [4.78, 5) is 1.04. The Balaban J connectivity index is 0.000000461. The van der Waals surface area contributed by atoms with Crippen LogP contribution in [-0.2, 0) is 0 Å². The van der Waals surface area contributed by atoms with Gasteiger partial charge in [-0.3, -0.25) is 0 Å². The molecule has 0 bridgehead atoms. The third-order valence-electron chi connectivity index (χ3n) is 1.49. The third-order valence-corrected chi connectivity index (χ3v) is 1.77. The quantitative estimate of drug-likeness (QED) is 0.562. The molecule has 0 fully saturated rings. The molecule has 1 aromatic rings. The van der Waals surface area contributed by atoms with Crippen molar-refractivity contribution < 1.29 is 0 Å². The zero-order valence-corrected chi connectivity index (χ0v) is 8.57. The van der Waals surface area contributed by atoms with E-state index in [1.165, 1.54) is 11.1 Å². The summed E-state index contributed by atoms with van der Waals surface area (Å²) in [5.41, 5.74) is 2.63. The Hall–Kier alpha value is -0.430. The molecule has 0 aliphatic heterocycles. The van der Waals surface area contributed by atoms with E-state index in [9.17, 15) is 0 Å². The Morgan fingerprint density at radius 1 is 1.00 bits per heavy atom. The second kappa shape index (κ2) is 5.25. The van der Waals surface area contributed by atoms with Gasteiger partial charge in [0.2, 0.25) is 0 Å². The molecular weight excluding hydrogens is 152 g/mol. The SMILES string of the molecule is CC.Cc1ccc(S)cc1C. The third kappa shape index (κ3) is 3.47. The highest BCUT2D eigenvalue weighted by Crippen LogP contribution is 2.11. The molecule has 11 heavy (non-hydrogen) atoms. The van der Waals surface area contributed by atoms with E-state index in [0.717, 1.165) is 4.90 Å². The average Bonchev–Trinajstić information content (AvgIpc) is 2.02. The predicted molar refractivity (Wildman–Crippen MR) is 54.5 cm³/mol. The maximum Gasteiger partial charge on any atom is 0.00428 e. The molecule has 0 heterocycles. The van der Waals surface area contributed by atoms with Crippen LogP contribution < -0.4 is 0 Å². The van der Waals surface area contributed by atoms with Crippen molar-refractivity contribution in [2.45, 2.75) is 32.6 Å². The minimum absolute atomic E-state index is 1.04. The van der Waals surface area contributed by atoms with Crippen molar-refractivity contribution in [3.63, 3.8) is 0 Å². The second-order valence-corrected chi connectivity index (χ2v) is 2.78. The number of rotatable bonds is 0. The van der Waals surface area contributed by atoms with E-state index in [0.29, 0.717) is 0 Å². The summed E-state index contributed by atoms with van der Waals surface area (Å²) < 4.78 is 0. The molecule has 0 saturated carbocycles. The van der Waals surface area contributed by atoms with Gasteiger partial charge in [0.15, 0.2) is 0 Å². The van der Waals surface area contributed by atoms with Gasteiger partial charge in [-0.25, -0.2) is 0 Å². The van der Waals surface area contributed by atoms with Gasteiger partial charge in [-0.1, -0.05) is 19.9 Å². The fourth-order valence-electron chi connectivity index (χ4n) is 0.726. The van der Waals surface area contributed by atoms with Crippen LogP contribution in [0.15, 0.2) is 23.1 Å². The Morgan fingerprint density at radius 2 is 1.55 bits per heavy atom. The van der Waals surface area contributed by atoms with Crippen LogP contribution in [0.5, 0.6) is 0 Å². The van der Waals surface area contributed by atoms with Crippen molar-refractivity contribution in [3.8, 4) is 0 Å². The Kier molecular flexibility index (Phi) is 5.05. The van der Waals surface area contributed by atoms with Crippen molar-refractivity contribution >= 4 is 12.6 Å². The molecule has 0 aromatic heterocycles. The van der Waals surface area contributed by atoms with E-state index in [2.05, 4.69) is 38.6 Å². The lowest BCUT2D eigenvalue weighted by atomic mass is 10.1. The molecule has 62 valence electrons. The number of aryl methyl sites for hydroxylation is 2. The summed E-state index contributed by atoms with van der Waals surface area (Å²) in [6, 6.07) is 6.15. The maximum atomic E-state index is 4.20. The number of hydrogen-bond donors (Lipinski definition) is 1. The lowest BCUT2D eigenvalue weighted by Gasteiger charge is -1.97. The van der Waals surface area contributed by atoms with Crippen molar-refractivity contribution in [2.24, 2.45) is 0 Å². The standard InChI is InChI=1S/C8H10S.C2H6/c1-6-3-4-8(9)5-7(6)2;1-2/h3-5,9H,1-2H3;1-2H3. The molecule has 0 atom stereocenters. The first kappa shape index (κ1) is 10.6. The molecule has 0 aliphatic rings. The molecule has 0 amide bonds. The van der Waals surface area contributed by atoms with Crippen LogP contribution in [0.2, 0.25) is 0 Å². The first-order chi connectivity index (χ1) is 5.20. The first-order valence-corrected chi connectivity index (χ1v) is 4.41. The van der Waals surface area contributed by atoms with E-state index in [4.69, 9.17) is 0 Å². The molecule has 1 heteroatoms. The van der Waals surface area contributed by atoms with Crippen molar-refractivity contribution in [1.29, 1.82) is 0 Å². The largest absolute Gasteiger partial charge is 0.143 e. The first-order valence-electron chi connectivity index (χ1n) is 3.96. The van der Waals surface area contributed by atoms with Gasteiger partial charge in [-0.05, 0) is 37.1 Å².